The molecule has 3 rings (SSSR count). The van der Waals surface area contributed by atoms with E-state index in [1.807, 2.05) is 13.8 Å². The molecule has 3 unspecified atom stereocenters. The first kappa shape index (κ1) is 15.2. The molecule has 0 radical (unpaired) electrons. The Morgan fingerprint density at radius 2 is 1.91 bits per heavy atom. The molecule has 2 bridgehead atoms. The fourth-order valence-corrected chi connectivity index (χ4v) is 4.43. The van der Waals surface area contributed by atoms with Gasteiger partial charge >= 0.3 is 0 Å². The lowest BCUT2D eigenvalue weighted by Gasteiger charge is -2.46. The van der Waals surface area contributed by atoms with E-state index in [1.165, 1.54) is 0 Å². The fraction of sp³-hybridized carbons (Fsp3) is 0.556. The number of hydrogen-bond acceptors (Lipinski definition) is 4. The molecule has 1 aromatic carbocycles. The Kier molecular flexibility index (Phi) is 3.22. The minimum absolute atomic E-state index is 0.0370. The molecule has 2 aliphatic rings. The van der Waals surface area contributed by atoms with Gasteiger partial charge in [0.1, 0.15) is 11.7 Å². The normalized spacial score (nSPS) is 33.1. The summed E-state index contributed by atoms with van der Waals surface area (Å²) in [6.07, 6.45) is 1.61. The largest absolute Gasteiger partial charge is 0.412 e. The Morgan fingerprint density at radius 1 is 1.23 bits per heavy atom. The van der Waals surface area contributed by atoms with Crippen molar-refractivity contribution in [1.82, 2.24) is 0 Å². The number of hydrogen-bond donors (Lipinski definition) is 1. The molecule has 3 atom stereocenters. The second kappa shape index (κ2) is 4.66. The fourth-order valence-electron chi connectivity index (χ4n) is 4.43. The number of carbonyl (C=O) groups is 2. The molecular formula is C18H23NO3. The molecule has 22 heavy (non-hydrogen) atoms. The predicted molar refractivity (Wildman–Crippen MR) is 83.4 cm³/mol. The van der Waals surface area contributed by atoms with E-state index in [9.17, 15) is 9.59 Å². The van der Waals surface area contributed by atoms with Crippen LogP contribution in [0.25, 0.3) is 0 Å². The van der Waals surface area contributed by atoms with Crippen LogP contribution in [-0.2, 0) is 9.59 Å². The van der Waals surface area contributed by atoms with Gasteiger partial charge in [-0.2, -0.15) is 5.90 Å². The molecule has 0 spiro atoms. The third-order valence-corrected chi connectivity index (χ3v) is 6.35. The molecule has 1 aromatic rings. The van der Waals surface area contributed by atoms with Crippen LogP contribution in [0.3, 0.4) is 0 Å². The predicted octanol–water partition coefficient (Wildman–Crippen LogP) is 2.93. The molecule has 0 saturated heterocycles. The zero-order chi connectivity index (χ0) is 16.3. The topological polar surface area (TPSA) is 69.4 Å². The van der Waals surface area contributed by atoms with Crippen LogP contribution >= 0.6 is 0 Å². The molecule has 2 N–H and O–H groups in total. The summed E-state index contributed by atoms with van der Waals surface area (Å²) in [7, 11) is 0. The highest BCUT2D eigenvalue weighted by molar-refractivity contribution is 6.14. The number of Topliss-reactive ketones (excluding diaryl/α,β-unsaturated/α-hetero) is 2. The van der Waals surface area contributed by atoms with E-state index in [0.717, 1.165) is 24.0 Å². The molecule has 2 fully saturated rings. The van der Waals surface area contributed by atoms with E-state index in [2.05, 4.69) is 13.8 Å². The van der Waals surface area contributed by atoms with Crippen molar-refractivity contribution in [2.45, 2.75) is 46.5 Å². The quantitative estimate of drug-likeness (QED) is 0.673. The van der Waals surface area contributed by atoms with Crippen LogP contribution in [0, 0.1) is 23.7 Å². The summed E-state index contributed by atoms with van der Waals surface area (Å²) in [5, 5.41) is 0. The molecule has 2 aliphatic carbocycles. The van der Waals surface area contributed by atoms with Crippen molar-refractivity contribution in [3.8, 4) is 5.75 Å². The minimum atomic E-state index is -0.641. The van der Waals surface area contributed by atoms with Crippen LogP contribution in [0.5, 0.6) is 5.75 Å². The summed E-state index contributed by atoms with van der Waals surface area (Å²) < 4.78 is 0. The monoisotopic (exact) mass is 301 g/mol. The second-order valence-electron chi connectivity index (χ2n) is 7.48. The SMILES string of the molecule is Cc1cc(ON)ccc1C1C(=O)C2CCC(C)(C1=O)C2(C)C. The number of rotatable bonds is 2. The van der Waals surface area contributed by atoms with Crippen LogP contribution in [0.2, 0.25) is 0 Å². The van der Waals surface area contributed by atoms with Crippen molar-refractivity contribution in [1.29, 1.82) is 0 Å². The van der Waals surface area contributed by atoms with Gasteiger partial charge in [0.25, 0.3) is 0 Å². The average molecular weight is 301 g/mol. The van der Waals surface area contributed by atoms with Gasteiger partial charge in [-0.1, -0.05) is 26.8 Å². The summed E-state index contributed by atoms with van der Waals surface area (Å²) in [5.74, 6) is 5.18. The van der Waals surface area contributed by atoms with Crippen molar-refractivity contribution in [2.75, 3.05) is 0 Å². The first-order chi connectivity index (χ1) is 10.2. The van der Waals surface area contributed by atoms with Crippen molar-refractivity contribution >= 4 is 11.6 Å². The summed E-state index contributed by atoms with van der Waals surface area (Å²) in [6, 6.07) is 5.30. The lowest BCUT2D eigenvalue weighted by Crippen LogP contribution is -2.52. The maximum atomic E-state index is 13.2. The third kappa shape index (κ3) is 1.73. The molecule has 0 aliphatic heterocycles. The van der Waals surface area contributed by atoms with Crippen molar-refractivity contribution < 1.29 is 14.4 Å². The third-order valence-electron chi connectivity index (χ3n) is 6.35. The van der Waals surface area contributed by atoms with Crippen LogP contribution in [0.15, 0.2) is 18.2 Å². The van der Waals surface area contributed by atoms with E-state index >= 15 is 0 Å². The Morgan fingerprint density at radius 3 is 2.50 bits per heavy atom. The van der Waals surface area contributed by atoms with Gasteiger partial charge in [0.15, 0.2) is 11.6 Å². The highest BCUT2D eigenvalue weighted by atomic mass is 16.6. The van der Waals surface area contributed by atoms with Crippen LogP contribution in [0.1, 0.15) is 50.7 Å². The van der Waals surface area contributed by atoms with Gasteiger partial charge in [0, 0.05) is 11.3 Å². The highest BCUT2D eigenvalue weighted by Crippen LogP contribution is 2.62. The molecular weight excluding hydrogens is 278 g/mol. The molecule has 2 saturated carbocycles. The van der Waals surface area contributed by atoms with Gasteiger partial charge in [-0.05, 0) is 48.4 Å². The number of fused-ring (bicyclic) bond motifs is 2. The second-order valence-corrected chi connectivity index (χ2v) is 7.48. The summed E-state index contributed by atoms with van der Waals surface area (Å²) in [4.78, 5) is 30.9. The van der Waals surface area contributed by atoms with Crippen molar-refractivity contribution in [3.63, 3.8) is 0 Å². The summed E-state index contributed by atoms with van der Waals surface area (Å²) in [6.45, 7) is 8.05. The number of benzene rings is 1. The molecule has 118 valence electrons. The Hall–Kier alpha value is -1.68. The van der Waals surface area contributed by atoms with Gasteiger partial charge in [0.05, 0.1) is 0 Å². The molecule has 0 amide bonds. The van der Waals surface area contributed by atoms with Gasteiger partial charge in [-0.25, -0.2) is 0 Å². The Bertz CT molecular complexity index is 664. The zero-order valence-electron chi connectivity index (χ0n) is 13.6. The first-order valence-electron chi connectivity index (χ1n) is 7.79. The molecule has 4 nitrogen and oxygen atoms in total. The van der Waals surface area contributed by atoms with E-state index in [4.69, 9.17) is 10.7 Å². The maximum Gasteiger partial charge on any atom is 0.154 e. The Labute approximate surface area is 131 Å². The van der Waals surface area contributed by atoms with Crippen LogP contribution < -0.4 is 10.7 Å². The minimum Gasteiger partial charge on any atom is -0.412 e. The number of nitrogens with two attached hydrogens (primary N) is 1. The van der Waals surface area contributed by atoms with E-state index in [-0.39, 0.29) is 22.9 Å². The van der Waals surface area contributed by atoms with Crippen LogP contribution in [0.4, 0.5) is 0 Å². The zero-order valence-corrected chi connectivity index (χ0v) is 13.6. The van der Waals surface area contributed by atoms with Gasteiger partial charge < -0.3 is 4.84 Å². The Balaban J connectivity index is 2.10. The van der Waals surface area contributed by atoms with Gasteiger partial charge in [-0.15, -0.1) is 0 Å². The average Bonchev–Trinajstić information content (AvgIpc) is 2.65. The van der Waals surface area contributed by atoms with Crippen molar-refractivity contribution in [2.24, 2.45) is 22.6 Å². The summed E-state index contributed by atoms with van der Waals surface area (Å²) in [5.41, 5.74) is 0.985. The highest BCUT2D eigenvalue weighted by Gasteiger charge is 2.64. The maximum absolute atomic E-state index is 13.2. The number of ketones is 2. The lowest BCUT2D eigenvalue weighted by atomic mass is 9.54. The molecule has 4 heteroatoms. The lowest BCUT2D eigenvalue weighted by molar-refractivity contribution is -0.149. The van der Waals surface area contributed by atoms with Crippen molar-refractivity contribution in [3.05, 3.63) is 29.3 Å². The molecule has 0 aromatic heterocycles. The molecule has 0 heterocycles. The number of aryl methyl sites for hydroxylation is 1. The van der Waals surface area contributed by atoms with Gasteiger partial charge in [-0.3, -0.25) is 9.59 Å². The smallest absolute Gasteiger partial charge is 0.154 e. The number of carbonyl (C=O) groups excluding carboxylic acids is 2. The van der Waals surface area contributed by atoms with Crippen LogP contribution in [-0.4, -0.2) is 11.6 Å². The van der Waals surface area contributed by atoms with E-state index in [1.54, 1.807) is 18.2 Å². The summed E-state index contributed by atoms with van der Waals surface area (Å²) >= 11 is 0. The first-order valence-corrected chi connectivity index (χ1v) is 7.79. The van der Waals surface area contributed by atoms with E-state index < -0.39 is 11.3 Å². The van der Waals surface area contributed by atoms with E-state index in [0.29, 0.717) is 5.75 Å². The van der Waals surface area contributed by atoms with Gasteiger partial charge in [0.2, 0.25) is 0 Å². The standard InChI is InChI=1S/C18H23NO3/c1-10-9-11(22-19)5-6-12(10)14-15(20)13-7-8-18(4,16(14)21)17(13,2)3/h5-6,9,13-14H,7-8,19H2,1-4H3.